The van der Waals surface area contributed by atoms with Crippen molar-refractivity contribution >= 4 is 39.6 Å². The number of nitrogen functional groups attached to an aromatic ring is 1. The van der Waals surface area contributed by atoms with E-state index in [4.69, 9.17) is 5.73 Å². The molecule has 94 valence electrons. The van der Waals surface area contributed by atoms with E-state index >= 15 is 0 Å². The Morgan fingerprint density at radius 1 is 0.842 bits per heavy atom. The fourth-order valence-electron chi connectivity index (χ4n) is 1.94. The summed E-state index contributed by atoms with van der Waals surface area (Å²) in [5.41, 5.74) is 5.79. The smallest absolute Gasteiger partial charge is 0.180 e. The molecule has 0 aliphatic carbocycles. The van der Waals surface area contributed by atoms with Crippen LogP contribution >= 0.6 is 19.3 Å². The zero-order valence-electron chi connectivity index (χ0n) is 10.2. The Balaban J connectivity index is 2.11. The van der Waals surface area contributed by atoms with Crippen LogP contribution in [0.5, 0.6) is 0 Å². The lowest BCUT2D eigenvalue weighted by molar-refractivity contribution is 1.44. The first-order valence-corrected chi connectivity index (χ1v) is 8.12. The molecule has 2 nitrogen and oxygen atoms in total. The second kappa shape index (κ2) is 5.52. The van der Waals surface area contributed by atoms with E-state index in [2.05, 4.69) is 53.5 Å². The molecule has 1 aromatic heterocycles. The molecule has 19 heavy (non-hydrogen) atoms. The van der Waals surface area contributed by atoms with Crippen LogP contribution < -0.4 is 21.0 Å². The fourth-order valence-corrected chi connectivity index (χ4v) is 5.56. The summed E-state index contributed by atoms with van der Waals surface area (Å²) in [4.78, 5) is 4.20. The molecule has 0 spiro atoms. The zero-order valence-corrected chi connectivity index (χ0v) is 11.9. The summed E-state index contributed by atoms with van der Waals surface area (Å²) < 4.78 is 1.24. The molecule has 3 rings (SSSR count). The van der Waals surface area contributed by atoms with Crippen molar-refractivity contribution in [2.75, 3.05) is 5.73 Å². The maximum absolute atomic E-state index is 5.79. The lowest BCUT2D eigenvalue weighted by Gasteiger charge is -2.16. The largest absolute Gasteiger partial charge is 0.375 e. The van der Waals surface area contributed by atoms with Gasteiger partial charge in [-0.05, 0) is 18.5 Å². The average molecular weight is 284 g/mol. The van der Waals surface area contributed by atoms with Crippen LogP contribution in [-0.2, 0) is 0 Å². The van der Waals surface area contributed by atoms with E-state index in [1.165, 1.54) is 15.2 Å². The van der Waals surface area contributed by atoms with Crippen molar-refractivity contribution < 1.29 is 0 Å². The van der Waals surface area contributed by atoms with Crippen LogP contribution in [0.15, 0.2) is 66.9 Å². The van der Waals surface area contributed by atoms with Gasteiger partial charge in [-0.25, -0.2) is 4.98 Å². The zero-order chi connectivity index (χ0) is 13.1. The van der Waals surface area contributed by atoms with Gasteiger partial charge in [-0.15, -0.1) is 0 Å². The monoisotopic (exact) mass is 284 g/mol. The molecule has 0 bridgehead atoms. The minimum absolute atomic E-state index is 0.549. The van der Waals surface area contributed by atoms with Crippen molar-refractivity contribution in [3.8, 4) is 0 Å². The molecule has 2 aromatic carbocycles. The van der Waals surface area contributed by atoms with Gasteiger partial charge in [0.15, 0.2) is 5.13 Å². The molecule has 0 radical (unpaired) electrons. The third kappa shape index (κ3) is 2.67. The van der Waals surface area contributed by atoms with Gasteiger partial charge < -0.3 is 5.73 Å². The van der Waals surface area contributed by atoms with Crippen LogP contribution in [0.2, 0.25) is 0 Å². The second-order valence-electron chi connectivity index (χ2n) is 4.04. The van der Waals surface area contributed by atoms with Crippen LogP contribution in [0.4, 0.5) is 5.13 Å². The normalized spacial score (nSPS) is 10.8. The maximum Gasteiger partial charge on any atom is 0.180 e. The number of hydrogen-bond donors (Lipinski definition) is 1. The standard InChI is InChI=1S/C15H13N2PS/c16-15-17-11-14(19-15)18(12-7-3-1-4-8-12)13-9-5-2-6-10-13/h1-11H,(H2,16,17). The van der Waals surface area contributed by atoms with Crippen molar-refractivity contribution in [2.45, 2.75) is 0 Å². The predicted molar refractivity (Wildman–Crippen MR) is 85.2 cm³/mol. The summed E-state index contributed by atoms with van der Waals surface area (Å²) in [5.74, 6) is 0. The van der Waals surface area contributed by atoms with Gasteiger partial charge in [0.2, 0.25) is 0 Å². The van der Waals surface area contributed by atoms with E-state index in [9.17, 15) is 0 Å². The Hall–Kier alpha value is -1.70. The lowest BCUT2D eigenvalue weighted by atomic mass is 10.4. The highest BCUT2D eigenvalue weighted by Gasteiger charge is 2.18. The molecule has 0 amide bonds. The summed E-state index contributed by atoms with van der Waals surface area (Å²) >= 11 is 1.58. The topological polar surface area (TPSA) is 38.9 Å². The molecule has 0 aliphatic heterocycles. The SMILES string of the molecule is Nc1ncc(P(c2ccccc2)c2ccccc2)s1. The first-order chi connectivity index (χ1) is 9.34. The molecule has 4 heteroatoms. The van der Waals surface area contributed by atoms with E-state index in [1.807, 2.05) is 18.3 Å². The van der Waals surface area contributed by atoms with Gasteiger partial charge in [0.05, 0.1) is 4.62 Å². The minimum atomic E-state index is -0.549. The van der Waals surface area contributed by atoms with Crippen LogP contribution in [0.3, 0.4) is 0 Å². The highest BCUT2D eigenvalue weighted by atomic mass is 32.1. The number of rotatable bonds is 3. The van der Waals surface area contributed by atoms with Crippen LogP contribution in [0, 0.1) is 0 Å². The van der Waals surface area contributed by atoms with Gasteiger partial charge in [-0.1, -0.05) is 72.0 Å². The molecule has 2 N–H and O–H groups in total. The van der Waals surface area contributed by atoms with Crippen LogP contribution in [0.25, 0.3) is 0 Å². The van der Waals surface area contributed by atoms with Gasteiger partial charge in [-0.2, -0.15) is 0 Å². The molecule has 3 aromatic rings. The van der Waals surface area contributed by atoms with Crippen molar-refractivity contribution in [1.29, 1.82) is 0 Å². The Labute approximate surface area is 117 Å². The van der Waals surface area contributed by atoms with Crippen LogP contribution in [0.1, 0.15) is 0 Å². The minimum Gasteiger partial charge on any atom is -0.375 e. The van der Waals surface area contributed by atoms with Gasteiger partial charge >= 0.3 is 0 Å². The highest BCUT2D eigenvalue weighted by molar-refractivity contribution is 7.84. The predicted octanol–water partition coefficient (Wildman–Crippen LogP) is 2.48. The number of nitrogens with two attached hydrogens (primary N) is 1. The third-order valence-corrected chi connectivity index (χ3v) is 6.40. The number of benzene rings is 2. The quantitative estimate of drug-likeness (QED) is 0.750. The number of hydrogen-bond acceptors (Lipinski definition) is 3. The molecular formula is C15H13N2PS. The first kappa shape index (κ1) is 12.3. The number of nitrogens with zero attached hydrogens (tertiary/aromatic N) is 1. The Kier molecular flexibility index (Phi) is 3.58. The number of thiazole rings is 1. The summed E-state index contributed by atoms with van der Waals surface area (Å²) in [6, 6.07) is 21.1. The number of aromatic nitrogens is 1. The molecule has 0 unspecified atom stereocenters. The van der Waals surface area contributed by atoms with Crippen molar-refractivity contribution in [1.82, 2.24) is 4.98 Å². The Morgan fingerprint density at radius 3 is 1.79 bits per heavy atom. The Bertz CT molecular complexity index is 613. The van der Waals surface area contributed by atoms with Gasteiger partial charge in [0.1, 0.15) is 0 Å². The number of anilines is 1. The van der Waals surface area contributed by atoms with Gasteiger partial charge in [0.25, 0.3) is 0 Å². The molecule has 0 saturated carbocycles. The molecule has 0 aliphatic rings. The average Bonchev–Trinajstić information content (AvgIpc) is 2.88. The lowest BCUT2D eigenvalue weighted by Crippen LogP contribution is -2.18. The second-order valence-corrected chi connectivity index (χ2v) is 7.59. The molecule has 0 fully saturated rings. The molecule has 1 heterocycles. The third-order valence-electron chi connectivity index (χ3n) is 2.76. The summed E-state index contributed by atoms with van der Waals surface area (Å²) in [6.07, 6.45) is 1.91. The summed E-state index contributed by atoms with van der Waals surface area (Å²) in [7, 11) is -0.549. The van der Waals surface area contributed by atoms with Crippen LogP contribution in [-0.4, -0.2) is 4.98 Å². The van der Waals surface area contributed by atoms with E-state index in [1.54, 1.807) is 11.3 Å². The van der Waals surface area contributed by atoms with E-state index in [0.29, 0.717) is 5.13 Å². The van der Waals surface area contributed by atoms with E-state index < -0.39 is 7.92 Å². The summed E-state index contributed by atoms with van der Waals surface area (Å²) in [6.45, 7) is 0. The van der Waals surface area contributed by atoms with Gasteiger partial charge in [-0.3, -0.25) is 0 Å². The molecular weight excluding hydrogens is 271 g/mol. The first-order valence-electron chi connectivity index (χ1n) is 5.96. The molecule has 0 atom stereocenters. The fraction of sp³-hybridized carbons (Fsp3) is 0. The van der Waals surface area contributed by atoms with E-state index in [-0.39, 0.29) is 0 Å². The maximum atomic E-state index is 5.79. The van der Waals surface area contributed by atoms with Gasteiger partial charge in [0, 0.05) is 6.20 Å². The summed E-state index contributed by atoms with van der Waals surface area (Å²) in [5, 5.41) is 3.29. The van der Waals surface area contributed by atoms with Crippen molar-refractivity contribution in [3.63, 3.8) is 0 Å². The Morgan fingerprint density at radius 2 is 1.37 bits per heavy atom. The van der Waals surface area contributed by atoms with Crippen molar-refractivity contribution in [3.05, 3.63) is 66.9 Å². The highest BCUT2D eigenvalue weighted by Crippen LogP contribution is 2.35. The van der Waals surface area contributed by atoms with Crippen molar-refractivity contribution in [2.24, 2.45) is 0 Å². The molecule has 0 saturated heterocycles. The van der Waals surface area contributed by atoms with E-state index in [0.717, 1.165) is 0 Å².